The van der Waals surface area contributed by atoms with Gasteiger partial charge in [-0.1, -0.05) is 13.3 Å². The molecule has 0 radical (unpaired) electrons. The number of unbranched alkanes of at least 4 members (excludes halogenated alkanes) is 1. The second-order valence-electron chi connectivity index (χ2n) is 5.33. The first-order valence-corrected chi connectivity index (χ1v) is 7.30. The van der Waals surface area contributed by atoms with Crippen molar-refractivity contribution < 1.29 is 4.74 Å². The Morgan fingerprint density at radius 3 is 2.65 bits per heavy atom. The third kappa shape index (κ3) is 3.93. The highest BCUT2D eigenvalue weighted by Gasteiger charge is 2.31. The number of hydrogen-bond acceptors (Lipinski definition) is 7. The van der Waals surface area contributed by atoms with E-state index in [0.717, 1.165) is 19.4 Å². The van der Waals surface area contributed by atoms with Crippen LogP contribution in [0.5, 0.6) is 6.01 Å². The Kier molecular flexibility index (Phi) is 4.94. The molecule has 0 amide bonds. The van der Waals surface area contributed by atoms with E-state index in [1.807, 2.05) is 13.8 Å². The minimum absolute atomic E-state index is 0.0147. The van der Waals surface area contributed by atoms with Gasteiger partial charge in [0.05, 0.1) is 6.10 Å². The first-order valence-electron chi connectivity index (χ1n) is 7.30. The van der Waals surface area contributed by atoms with Crippen LogP contribution in [0.25, 0.3) is 0 Å². The minimum Gasteiger partial charge on any atom is -0.461 e. The second kappa shape index (κ2) is 6.69. The first-order chi connectivity index (χ1) is 9.63. The summed E-state index contributed by atoms with van der Waals surface area (Å²) in [6.07, 6.45) is 4.67. The van der Waals surface area contributed by atoms with Crippen molar-refractivity contribution >= 4 is 11.9 Å². The lowest BCUT2D eigenvalue weighted by molar-refractivity contribution is 0.222. The summed E-state index contributed by atoms with van der Waals surface area (Å²) in [5.41, 5.74) is 2.48. The largest absolute Gasteiger partial charge is 0.461 e. The maximum atomic E-state index is 5.57. The predicted octanol–water partition coefficient (Wildman–Crippen LogP) is 1.71. The molecule has 1 heterocycles. The van der Waals surface area contributed by atoms with Gasteiger partial charge < -0.3 is 9.64 Å². The van der Waals surface area contributed by atoms with Crippen LogP contribution in [0.3, 0.4) is 0 Å². The van der Waals surface area contributed by atoms with E-state index in [1.165, 1.54) is 12.8 Å². The molecule has 0 atom stereocenters. The first kappa shape index (κ1) is 14.8. The van der Waals surface area contributed by atoms with Crippen molar-refractivity contribution in [3.63, 3.8) is 0 Å². The fourth-order valence-electron chi connectivity index (χ4n) is 1.96. The van der Waals surface area contributed by atoms with Gasteiger partial charge in [-0.25, -0.2) is 5.84 Å². The van der Waals surface area contributed by atoms with E-state index < -0.39 is 0 Å². The summed E-state index contributed by atoms with van der Waals surface area (Å²) in [6.45, 7) is 7.01. The molecule has 7 heteroatoms. The van der Waals surface area contributed by atoms with Crippen LogP contribution in [0.1, 0.15) is 46.5 Å². The van der Waals surface area contributed by atoms with E-state index in [0.29, 0.717) is 23.9 Å². The van der Waals surface area contributed by atoms with Crippen molar-refractivity contribution in [3.05, 3.63) is 0 Å². The number of hydrazine groups is 1. The van der Waals surface area contributed by atoms with Crippen LogP contribution in [-0.2, 0) is 0 Å². The van der Waals surface area contributed by atoms with Crippen molar-refractivity contribution in [1.82, 2.24) is 15.0 Å². The Morgan fingerprint density at radius 2 is 2.10 bits per heavy atom. The average Bonchev–Trinajstić information content (AvgIpc) is 3.22. The number of nitrogens with zero attached hydrogens (tertiary/aromatic N) is 4. The van der Waals surface area contributed by atoms with Crippen LogP contribution >= 0.6 is 0 Å². The van der Waals surface area contributed by atoms with Crippen molar-refractivity contribution in [1.29, 1.82) is 0 Å². The van der Waals surface area contributed by atoms with E-state index >= 15 is 0 Å². The Labute approximate surface area is 119 Å². The van der Waals surface area contributed by atoms with Gasteiger partial charge in [0.1, 0.15) is 0 Å². The highest BCUT2D eigenvalue weighted by molar-refractivity contribution is 5.40. The standard InChI is InChI=1S/C13H24N6O/c1-4-5-8-19(10-6-7-10)12-15-11(18-14)16-13(17-12)20-9(2)3/h9-10H,4-8,14H2,1-3H3,(H,15,16,17,18). The highest BCUT2D eigenvalue weighted by atomic mass is 16.5. The molecule has 1 aliphatic carbocycles. The summed E-state index contributed by atoms with van der Waals surface area (Å²) in [4.78, 5) is 15.1. The number of hydrogen-bond donors (Lipinski definition) is 2. The monoisotopic (exact) mass is 280 g/mol. The molecule has 1 saturated carbocycles. The Bertz CT molecular complexity index is 435. The minimum atomic E-state index is 0.0147. The van der Waals surface area contributed by atoms with Crippen molar-refractivity contribution in [2.45, 2.75) is 58.6 Å². The molecular weight excluding hydrogens is 256 g/mol. The molecule has 112 valence electrons. The fraction of sp³-hybridized carbons (Fsp3) is 0.769. The van der Waals surface area contributed by atoms with Crippen LogP contribution in [0.15, 0.2) is 0 Å². The second-order valence-corrected chi connectivity index (χ2v) is 5.33. The lowest BCUT2D eigenvalue weighted by Crippen LogP contribution is -2.29. The topological polar surface area (TPSA) is 89.2 Å². The van der Waals surface area contributed by atoms with Crippen LogP contribution < -0.4 is 20.9 Å². The van der Waals surface area contributed by atoms with E-state index in [2.05, 4.69) is 32.2 Å². The molecular formula is C13H24N6O. The van der Waals surface area contributed by atoms with Gasteiger partial charge in [0.2, 0.25) is 11.9 Å². The zero-order valence-electron chi connectivity index (χ0n) is 12.5. The summed E-state index contributed by atoms with van der Waals surface area (Å²) in [7, 11) is 0. The number of anilines is 2. The number of aromatic nitrogens is 3. The molecule has 7 nitrogen and oxygen atoms in total. The molecule has 0 spiro atoms. The van der Waals surface area contributed by atoms with Gasteiger partial charge in [-0.3, -0.25) is 5.43 Å². The normalized spacial score (nSPS) is 14.4. The summed E-state index contributed by atoms with van der Waals surface area (Å²) >= 11 is 0. The number of nitrogens with one attached hydrogen (secondary N) is 1. The molecule has 1 fully saturated rings. The number of rotatable bonds is 8. The van der Waals surface area contributed by atoms with Gasteiger partial charge in [0.15, 0.2) is 0 Å². The fourth-order valence-corrected chi connectivity index (χ4v) is 1.96. The molecule has 2 rings (SSSR count). The molecule has 20 heavy (non-hydrogen) atoms. The zero-order chi connectivity index (χ0) is 14.5. The molecule has 0 bridgehead atoms. The quantitative estimate of drug-likeness (QED) is 0.553. The van der Waals surface area contributed by atoms with Crippen molar-refractivity contribution in [2.75, 3.05) is 16.9 Å². The number of nitrogen functional groups attached to an aromatic ring is 1. The van der Waals surface area contributed by atoms with Gasteiger partial charge in [-0.2, -0.15) is 15.0 Å². The number of nitrogens with two attached hydrogens (primary N) is 1. The molecule has 1 aromatic rings. The van der Waals surface area contributed by atoms with Crippen LogP contribution in [0.2, 0.25) is 0 Å². The smallest absolute Gasteiger partial charge is 0.323 e. The van der Waals surface area contributed by atoms with E-state index in [4.69, 9.17) is 10.6 Å². The number of ether oxygens (including phenoxy) is 1. The molecule has 1 aliphatic rings. The van der Waals surface area contributed by atoms with Gasteiger partial charge in [0, 0.05) is 12.6 Å². The lowest BCUT2D eigenvalue weighted by atomic mass is 10.3. The molecule has 1 aromatic heterocycles. The maximum Gasteiger partial charge on any atom is 0.323 e. The molecule has 0 unspecified atom stereocenters. The van der Waals surface area contributed by atoms with Gasteiger partial charge in [0.25, 0.3) is 0 Å². The summed E-state index contributed by atoms with van der Waals surface area (Å²) in [6, 6.07) is 0.863. The maximum absolute atomic E-state index is 5.57. The highest BCUT2D eigenvalue weighted by Crippen LogP contribution is 2.31. The Hall–Kier alpha value is -1.63. The lowest BCUT2D eigenvalue weighted by Gasteiger charge is -2.22. The average molecular weight is 280 g/mol. The predicted molar refractivity (Wildman–Crippen MR) is 78.7 cm³/mol. The van der Waals surface area contributed by atoms with Crippen molar-refractivity contribution in [3.8, 4) is 6.01 Å². The SMILES string of the molecule is CCCCN(c1nc(NN)nc(OC(C)C)n1)C1CC1. The Balaban J connectivity index is 2.22. The van der Waals surface area contributed by atoms with Gasteiger partial charge in [-0.05, 0) is 33.1 Å². The van der Waals surface area contributed by atoms with E-state index in [1.54, 1.807) is 0 Å². The third-order valence-corrected chi connectivity index (χ3v) is 3.07. The van der Waals surface area contributed by atoms with Crippen molar-refractivity contribution in [2.24, 2.45) is 5.84 Å². The molecule has 3 N–H and O–H groups in total. The molecule has 0 aromatic carbocycles. The third-order valence-electron chi connectivity index (χ3n) is 3.07. The zero-order valence-corrected chi connectivity index (χ0v) is 12.5. The van der Waals surface area contributed by atoms with Crippen LogP contribution in [-0.4, -0.2) is 33.6 Å². The van der Waals surface area contributed by atoms with E-state index in [9.17, 15) is 0 Å². The van der Waals surface area contributed by atoms with Crippen LogP contribution in [0, 0.1) is 0 Å². The van der Waals surface area contributed by atoms with Crippen LogP contribution in [0.4, 0.5) is 11.9 Å². The van der Waals surface area contributed by atoms with Gasteiger partial charge in [-0.15, -0.1) is 0 Å². The Morgan fingerprint density at radius 1 is 1.35 bits per heavy atom. The molecule has 0 saturated heterocycles. The van der Waals surface area contributed by atoms with Gasteiger partial charge >= 0.3 is 6.01 Å². The van der Waals surface area contributed by atoms with E-state index in [-0.39, 0.29) is 6.10 Å². The molecule has 0 aliphatic heterocycles. The summed E-state index contributed by atoms with van der Waals surface area (Å²) in [5, 5.41) is 0. The summed E-state index contributed by atoms with van der Waals surface area (Å²) in [5.74, 6) is 6.43. The summed E-state index contributed by atoms with van der Waals surface area (Å²) < 4.78 is 5.57.